The molecule has 1 fully saturated rings. The monoisotopic (exact) mass is 189 g/mol. The van der Waals surface area contributed by atoms with Gasteiger partial charge in [-0.2, -0.15) is 11.8 Å². The van der Waals surface area contributed by atoms with Crippen LogP contribution in [-0.4, -0.2) is 30.3 Å². The Kier molecular flexibility index (Phi) is 3.87. The fourth-order valence-corrected chi connectivity index (χ4v) is 2.94. The number of rotatable bonds is 5. The molecule has 72 valence electrons. The molecule has 0 aliphatic heterocycles. The molecule has 0 saturated heterocycles. The van der Waals surface area contributed by atoms with Gasteiger partial charge in [-0.05, 0) is 26.0 Å². The van der Waals surface area contributed by atoms with Crippen LogP contribution in [0.25, 0.3) is 0 Å². The molecule has 0 heterocycles. The van der Waals surface area contributed by atoms with E-state index in [-0.39, 0.29) is 6.10 Å². The van der Waals surface area contributed by atoms with Crippen LogP contribution in [0.2, 0.25) is 0 Å². The molecule has 3 heteroatoms. The summed E-state index contributed by atoms with van der Waals surface area (Å²) in [6.45, 7) is 3.48. The second-order valence-corrected chi connectivity index (χ2v) is 4.52. The van der Waals surface area contributed by atoms with Crippen molar-refractivity contribution in [2.75, 3.05) is 19.4 Å². The third-order valence-corrected chi connectivity index (χ3v) is 4.26. The molecule has 12 heavy (non-hydrogen) atoms. The molecular weight excluding hydrogens is 170 g/mol. The zero-order chi connectivity index (χ0) is 9.03. The Morgan fingerprint density at radius 1 is 1.58 bits per heavy atom. The summed E-state index contributed by atoms with van der Waals surface area (Å²) in [5.41, 5.74) is 5.69. The minimum Gasteiger partial charge on any atom is -0.376 e. The lowest BCUT2D eigenvalue weighted by Crippen LogP contribution is -2.50. The minimum atomic E-state index is 0.270. The van der Waals surface area contributed by atoms with Gasteiger partial charge in [-0.3, -0.25) is 0 Å². The third-order valence-electron chi connectivity index (χ3n) is 2.78. The van der Waals surface area contributed by atoms with Crippen molar-refractivity contribution in [3.63, 3.8) is 0 Å². The van der Waals surface area contributed by atoms with Crippen LogP contribution in [0.3, 0.4) is 0 Å². The highest BCUT2D eigenvalue weighted by molar-refractivity contribution is 8.00. The first-order valence-corrected chi connectivity index (χ1v) is 5.88. The van der Waals surface area contributed by atoms with Crippen LogP contribution in [0.4, 0.5) is 0 Å². The van der Waals surface area contributed by atoms with Gasteiger partial charge < -0.3 is 10.5 Å². The number of nitrogens with two attached hydrogens (primary N) is 1. The zero-order valence-electron chi connectivity index (χ0n) is 8.01. The van der Waals surface area contributed by atoms with Gasteiger partial charge >= 0.3 is 0 Å². The summed E-state index contributed by atoms with van der Waals surface area (Å²) < 4.78 is 6.00. The first kappa shape index (κ1) is 10.4. The quantitative estimate of drug-likeness (QED) is 0.714. The van der Waals surface area contributed by atoms with Crippen LogP contribution in [0, 0.1) is 0 Å². The van der Waals surface area contributed by atoms with Crippen molar-refractivity contribution >= 4 is 11.8 Å². The summed E-state index contributed by atoms with van der Waals surface area (Å²) in [5.74, 6) is 0. The number of ether oxygens (including phenoxy) is 1. The molecule has 2 nitrogen and oxygen atoms in total. The molecule has 0 bridgehead atoms. The Hall–Kier alpha value is 0.270. The maximum Gasteiger partial charge on any atom is 0.0843 e. The number of hydrogen-bond donors (Lipinski definition) is 1. The summed E-state index contributed by atoms with van der Waals surface area (Å²) in [5, 5.41) is 0. The second-order valence-electron chi connectivity index (χ2n) is 3.30. The summed E-state index contributed by atoms with van der Waals surface area (Å²) in [4.78, 5) is 0. The average Bonchev–Trinajstić information content (AvgIpc) is 2.02. The summed E-state index contributed by atoms with van der Waals surface area (Å²) >= 11 is 1.93. The fourth-order valence-electron chi connectivity index (χ4n) is 1.82. The van der Waals surface area contributed by atoms with Crippen LogP contribution >= 0.6 is 11.8 Å². The maximum absolute atomic E-state index is 5.69. The smallest absolute Gasteiger partial charge is 0.0843 e. The molecule has 0 aromatic carbocycles. The predicted octanol–water partition coefficient (Wildman–Crippen LogP) is 1.64. The largest absolute Gasteiger partial charge is 0.376 e. The Balaban J connectivity index is 2.49. The van der Waals surface area contributed by atoms with Gasteiger partial charge in [0.25, 0.3) is 0 Å². The second kappa shape index (κ2) is 4.49. The van der Waals surface area contributed by atoms with Gasteiger partial charge in [0.1, 0.15) is 0 Å². The van der Waals surface area contributed by atoms with Crippen molar-refractivity contribution < 1.29 is 4.74 Å². The van der Waals surface area contributed by atoms with Crippen LogP contribution in [0.15, 0.2) is 0 Å². The van der Waals surface area contributed by atoms with Gasteiger partial charge in [-0.1, -0.05) is 6.42 Å². The van der Waals surface area contributed by atoms with E-state index in [1.165, 1.54) is 19.3 Å². The lowest BCUT2D eigenvalue weighted by atomic mass is 9.79. The van der Waals surface area contributed by atoms with Crippen molar-refractivity contribution in [2.45, 2.75) is 37.0 Å². The fraction of sp³-hybridized carbons (Fsp3) is 1.00. The van der Waals surface area contributed by atoms with Gasteiger partial charge in [-0.25, -0.2) is 0 Å². The highest BCUT2D eigenvalue weighted by Crippen LogP contribution is 2.46. The van der Waals surface area contributed by atoms with E-state index in [0.29, 0.717) is 11.3 Å². The van der Waals surface area contributed by atoms with Crippen molar-refractivity contribution in [2.24, 2.45) is 5.73 Å². The molecule has 0 spiro atoms. The molecule has 2 N–H and O–H groups in total. The first-order chi connectivity index (χ1) is 5.79. The van der Waals surface area contributed by atoms with E-state index in [4.69, 9.17) is 10.5 Å². The molecule has 1 aliphatic carbocycles. The Labute approximate surface area is 79.2 Å². The normalized spacial score (nSPS) is 23.2. The highest BCUT2D eigenvalue weighted by Gasteiger charge is 2.43. The van der Waals surface area contributed by atoms with E-state index < -0.39 is 0 Å². The molecule has 0 aromatic rings. The van der Waals surface area contributed by atoms with E-state index >= 15 is 0 Å². The van der Waals surface area contributed by atoms with E-state index in [2.05, 4.69) is 6.26 Å². The molecule has 1 saturated carbocycles. The predicted molar refractivity (Wildman–Crippen MR) is 54.6 cm³/mol. The van der Waals surface area contributed by atoms with E-state index in [0.717, 1.165) is 6.61 Å². The molecule has 0 aromatic heterocycles. The maximum atomic E-state index is 5.69. The van der Waals surface area contributed by atoms with Crippen LogP contribution in [0.1, 0.15) is 26.2 Å². The SMILES string of the molecule is CCOC(CN)C1(SC)CCC1. The Bertz CT molecular complexity index is 131. The van der Waals surface area contributed by atoms with E-state index in [1.807, 2.05) is 18.7 Å². The number of thioether (sulfide) groups is 1. The van der Waals surface area contributed by atoms with Crippen molar-refractivity contribution in [3.8, 4) is 0 Å². The molecule has 0 radical (unpaired) electrons. The molecule has 1 unspecified atom stereocenters. The summed E-state index contributed by atoms with van der Waals surface area (Å²) in [6.07, 6.45) is 6.32. The van der Waals surface area contributed by atoms with Gasteiger partial charge in [0.05, 0.1) is 6.10 Å². The van der Waals surface area contributed by atoms with Crippen LogP contribution in [-0.2, 0) is 4.74 Å². The standard InChI is InChI=1S/C9H19NOS/c1-3-11-8(7-10)9(12-2)5-4-6-9/h8H,3-7,10H2,1-2H3. The van der Waals surface area contributed by atoms with Gasteiger partial charge in [0, 0.05) is 17.9 Å². The summed E-state index contributed by atoms with van der Waals surface area (Å²) in [6, 6.07) is 0. The van der Waals surface area contributed by atoms with Crippen LogP contribution < -0.4 is 5.73 Å². The topological polar surface area (TPSA) is 35.2 Å². The average molecular weight is 189 g/mol. The highest BCUT2D eigenvalue weighted by atomic mass is 32.2. The van der Waals surface area contributed by atoms with E-state index in [1.54, 1.807) is 0 Å². The molecular formula is C9H19NOS. The van der Waals surface area contributed by atoms with Crippen molar-refractivity contribution in [3.05, 3.63) is 0 Å². The van der Waals surface area contributed by atoms with E-state index in [9.17, 15) is 0 Å². The van der Waals surface area contributed by atoms with Crippen molar-refractivity contribution in [1.29, 1.82) is 0 Å². The molecule has 0 amide bonds. The lowest BCUT2D eigenvalue weighted by Gasteiger charge is -2.45. The Morgan fingerprint density at radius 2 is 2.25 bits per heavy atom. The minimum absolute atomic E-state index is 0.270. The van der Waals surface area contributed by atoms with Gasteiger partial charge in [0.2, 0.25) is 0 Å². The molecule has 1 atom stereocenters. The molecule has 1 rings (SSSR count). The first-order valence-electron chi connectivity index (χ1n) is 4.66. The number of hydrogen-bond acceptors (Lipinski definition) is 3. The van der Waals surface area contributed by atoms with Crippen LogP contribution in [0.5, 0.6) is 0 Å². The molecule has 1 aliphatic rings. The van der Waals surface area contributed by atoms with Gasteiger partial charge in [0.15, 0.2) is 0 Å². The van der Waals surface area contributed by atoms with Crippen molar-refractivity contribution in [1.82, 2.24) is 0 Å². The Morgan fingerprint density at radius 3 is 2.50 bits per heavy atom. The third kappa shape index (κ3) is 1.78. The summed E-state index contributed by atoms with van der Waals surface area (Å²) in [7, 11) is 0. The lowest BCUT2D eigenvalue weighted by molar-refractivity contribution is 0.0165. The zero-order valence-corrected chi connectivity index (χ0v) is 8.82. The van der Waals surface area contributed by atoms with Gasteiger partial charge in [-0.15, -0.1) is 0 Å².